The zero-order valence-electron chi connectivity index (χ0n) is 11.2. The maximum Gasteiger partial charge on any atom is 0.309 e. The van der Waals surface area contributed by atoms with Gasteiger partial charge in [-0.1, -0.05) is 33.6 Å². The van der Waals surface area contributed by atoms with Crippen molar-refractivity contribution < 1.29 is 9.53 Å². The van der Waals surface area contributed by atoms with Gasteiger partial charge in [0.05, 0.1) is 5.92 Å². The van der Waals surface area contributed by atoms with Gasteiger partial charge in [-0.2, -0.15) is 0 Å². The van der Waals surface area contributed by atoms with E-state index in [9.17, 15) is 4.79 Å². The highest BCUT2D eigenvalue weighted by Crippen LogP contribution is 2.57. The topological polar surface area (TPSA) is 26.3 Å². The molecule has 0 bridgehead atoms. The summed E-state index contributed by atoms with van der Waals surface area (Å²) in [5.41, 5.74) is 0.434. The fourth-order valence-corrected chi connectivity index (χ4v) is 4.91. The molecule has 0 aromatic carbocycles. The first-order valence-corrected chi connectivity index (χ1v) is 7.23. The van der Waals surface area contributed by atoms with Gasteiger partial charge in [-0.15, -0.1) is 0 Å². The molecule has 0 radical (unpaired) electrons. The number of carbonyl (C=O) groups excluding carboxylic acids is 1. The SMILES string of the molecule is C[C@@H]1CCC[C@]2(C)CC[C@@H]3[C@@H](OC(=O)[C@@H]3C)[C@@H]12. The summed E-state index contributed by atoms with van der Waals surface area (Å²) >= 11 is 0. The summed E-state index contributed by atoms with van der Waals surface area (Å²) in [6.45, 7) is 6.85. The van der Waals surface area contributed by atoms with Gasteiger partial charge in [0.15, 0.2) is 0 Å². The van der Waals surface area contributed by atoms with Crippen molar-refractivity contribution in [1.82, 2.24) is 0 Å². The third kappa shape index (κ3) is 1.56. The van der Waals surface area contributed by atoms with Crippen LogP contribution >= 0.6 is 0 Å². The van der Waals surface area contributed by atoms with Crippen LogP contribution in [-0.4, -0.2) is 12.1 Å². The molecule has 1 heterocycles. The van der Waals surface area contributed by atoms with Crippen molar-refractivity contribution in [3.8, 4) is 0 Å². The molecule has 96 valence electrons. The van der Waals surface area contributed by atoms with Crippen LogP contribution in [0.15, 0.2) is 0 Å². The molecule has 3 aliphatic rings. The van der Waals surface area contributed by atoms with E-state index in [4.69, 9.17) is 4.74 Å². The Morgan fingerprint density at radius 3 is 2.76 bits per heavy atom. The van der Waals surface area contributed by atoms with E-state index in [2.05, 4.69) is 20.8 Å². The van der Waals surface area contributed by atoms with Gasteiger partial charge in [0, 0.05) is 11.8 Å². The van der Waals surface area contributed by atoms with E-state index in [-0.39, 0.29) is 18.0 Å². The van der Waals surface area contributed by atoms with Gasteiger partial charge in [-0.3, -0.25) is 4.79 Å². The summed E-state index contributed by atoms with van der Waals surface area (Å²) in [6.07, 6.45) is 6.72. The lowest BCUT2D eigenvalue weighted by Crippen LogP contribution is -2.49. The summed E-state index contributed by atoms with van der Waals surface area (Å²) in [5.74, 6) is 2.03. The van der Waals surface area contributed by atoms with Crippen LogP contribution in [0.25, 0.3) is 0 Å². The monoisotopic (exact) mass is 236 g/mol. The van der Waals surface area contributed by atoms with Crippen LogP contribution in [0, 0.1) is 29.1 Å². The Balaban J connectivity index is 1.92. The summed E-state index contributed by atoms with van der Waals surface area (Å²) in [6, 6.07) is 0. The molecule has 17 heavy (non-hydrogen) atoms. The number of hydrogen-bond acceptors (Lipinski definition) is 2. The van der Waals surface area contributed by atoms with E-state index in [1.54, 1.807) is 0 Å². The highest BCUT2D eigenvalue weighted by Gasteiger charge is 2.56. The van der Waals surface area contributed by atoms with Crippen LogP contribution in [0.3, 0.4) is 0 Å². The first-order chi connectivity index (χ1) is 8.03. The predicted octanol–water partition coefficient (Wildman–Crippen LogP) is 3.40. The Morgan fingerprint density at radius 1 is 1.24 bits per heavy atom. The molecule has 1 saturated heterocycles. The Kier molecular flexibility index (Phi) is 2.53. The molecule has 0 aromatic heterocycles. The van der Waals surface area contributed by atoms with Gasteiger partial charge in [0.1, 0.15) is 6.10 Å². The molecule has 0 spiro atoms. The van der Waals surface area contributed by atoms with Crippen molar-refractivity contribution in [3.05, 3.63) is 0 Å². The molecule has 2 heteroatoms. The van der Waals surface area contributed by atoms with Gasteiger partial charge in [0.2, 0.25) is 0 Å². The third-order valence-electron chi connectivity index (χ3n) is 5.92. The zero-order chi connectivity index (χ0) is 12.2. The first kappa shape index (κ1) is 11.6. The second-order valence-electron chi connectivity index (χ2n) is 6.94. The summed E-state index contributed by atoms with van der Waals surface area (Å²) in [4.78, 5) is 11.8. The number of esters is 1. The second kappa shape index (κ2) is 3.73. The van der Waals surface area contributed by atoms with Crippen LogP contribution in [0.5, 0.6) is 0 Å². The molecule has 2 saturated carbocycles. The molecule has 6 atom stereocenters. The molecule has 2 nitrogen and oxygen atoms in total. The molecule has 0 N–H and O–H groups in total. The fraction of sp³-hybridized carbons (Fsp3) is 0.933. The van der Waals surface area contributed by atoms with Gasteiger partial charge >= 0.3 is 5.97 Å². The van der Waals surface area contributed by atoms with E-state index in [0.29, 0.717) is 17.3 Å². The minimum atomic E-state index is 0.0574. The van der Waals surface area contributed by atoms with Gasteiger partial charge in [-0.25, -0.2) is 0 Å². The number of hydrogen-bond donors (Lipinski definition) is 0. The van der Waals surface area contributed by atoms with Crippen LogP contribution in [0.4, 0.5) is 0 Å². The van der Waals surface area contributed by atoms with Gasteiger partial charge in [0.25, 0.3) is 0 Å². The molecular weight excluding hydrogens is 212 g/mol. The lowest BCUT2D eigenvalue weighted by molar-refractivity contribution is -0.152. The van der Waals surface area contributed by atoms with Crippen molar-refractivity contribution in [2.24, 2.45) is 29.1 Å². The molecule has 2 aliphatic carbocycles. The average molecular weight is 236 g/mol. The van der Waals surface area contributed by atoms with E-state index < -0.39 is 0 Å². The average Bonchev–Trinajstić information content (AvgIpc) is 2.54. The fourth-order valence-electron chi connectivity index (χ4n) is 4.91. The number of fused-ring (bicyclic) bond motifs is 3. The maximum atomic E-state index is 11.8. The number of carbonyl (C=O) groups is 1. The lowest BCUT2D eigenvalue weighted by atomic mass is 9.53. The molecule has 3 fully saturated rings. The molecular formula is C15H24O2. The van der Waals surface area contributed by atoms with Crippen LogP contribution in [-0.2, 0) is 9.53 Å². The van der Waals surface area contributed by atoms with Crippen molar-refractivity contribution in [2.75, 3.05) is 0 Å². The molecule has 3 rings (SSSR count). The van der Waals surface area contributed by atoms with Crippen molar-refractivity contribution in [3.63, 3.8) is 0 Å². The van der Waals surface area contributed by atoms with E-state index >= 15 is 0 Å². The number of rotatable bonds is 0. The molecule has 0 aromatic rings. The van der Waals surface area contributed by atoms with E-state index in [1.807, 2.05) is 0 Å². The van der Waals surface area contributed by atoms with Gasteiger partial charge in [-0.05, 0) is 30.6 Å². The Hall–Kier alpha value is -0.530. The second-order valence-corrected chi connectivity index (χ2v) is 6.94. The standard InChI is InChI=1S/C15H24O2/c1-9-5-4-7-15(3)8-6-11-10(2)14(16)17-13(11)12(9)15/h9-13H,4-8H2,1-3H3/t9-,10-,11+,12-,13-,15-/m1/s1. The quantitative estimate of drug-likeness (QED) is 0.603. The Labute approximate surface area is 104 Å². The minimum Gasteiger partial charge on any atom is -0.462 e. The summed E-state index contributed by atoms with van der Waals surface area (Å²) in [7, 11) is 0. The van der Waals surface area contributed by atoms with E-state index in [1.165, 1.54) is 32.1 Å². The van der Waals surface area contributed by atoms with Crippen molar-refractivity contribution in [2.45, 2.75) is 59.0 Å². The summed E-state index contributed by atoms with van der Waals surface area (Å²) < 4.78 is 5.74. The van der Waals surface area contributed by atoms with Crippen LogP contribution < -0.4 is 0 Å². The maximum absolute atomic E-state index is 11.8. The van der Waals surface area contributed by atoms with Crippen molar-refractivity contribution >= 4 is 5.97 Å². The Bertz CT molecular complexity index is 338. The largest absolute Gasteiger partial charge is 0.462 e. The highest BCUT2D eigenvalue weighted by molar-refractivity contribution is 5.75. The smallest absolute Gasteiger partial charge is 0.309 e. The predicted molar refractivity (Wildman–Crippen MR) is 66.4 cm³/mol. The number of ether oxygens (including phenoxy) is 1. The third-order valence-corrected chi connectivity index (χ3v) is 5.92. The van der Waals surface area contributed by atoms with Gasteiger partial charge < -0.3 is 4.74 Å². The van der Waals surface area contributed by atoms with Crippen LogP contribution in [0.1, 0.15) is 52.9 Å². The molecule has 0 amide bonds. The van der Waals surface area contributed by atoms with Crippen LogP contribution in [0.2, 0.25) is 0 Å². The lowest BCUT2D eigenvalue weighted by Gasteiger charge is -2.52. The first-order valence-electron chi connectivity index (χ1n) is 7.23. The highest BCUT2D eigenvalue weighted by atomic mass is 16.6. The zero-order valence-corrected chi connectivity index (χ0v) is 11.2. The normalized spacial score (nSPS) is 53.8. The molecule has 1 aliphatic heterocycles. The van der Waals surface area contributed by atoms with E-state index in [0.717, 1.165) is 5.92 Å². The van der Waals surface area contributed by atoms with Crippen molar-refractivity contribution in [1.29, 1.82) is 0 Å². The minimum absolute atomic E-state index is 0.0574. The molecule has 0 unspecified atom stereocenters. The summed E-state index contributed by atoms with van der Waals surface area (Å²) in [5, 5.41) is 0. The Morgan fingerprint density at radius 2 is 2.00 bits per heavy atom.